The zero-order valence-electron chi connectivity index (χ0n) is 20.2. The normalized spacial score (nSPS) is 12.2. The van der Waals surface area contributed by atoms with Gasteiger partial charge in [-0.3, -0.25) is 9.97 Å². The fourth-order valence-electron chi connectivity index (χ4n) is 3.65. The third-order valence-electron chi connectivity index (χ3n) is 5.57. The van der Waals surface area contributed by atoms with E-state index in [4.69, 9.17) is 9.47 Å². The second-order valence-electron chi connectivity index (χ2n) is 8.33. The van der Waals surface area contributed by atoms with Crippen molar-refractivity contribution in [1.29, 1.82) is 0 Å². The number of rotatable bonds is 9. The Morgan fingerprint density at radius 2 is 1.34 bits per heavy atom. The van der Waals surface area contributed by atoms with Gasteiger partial charge < -0.3 is 14.0 Å². The van der Waals surface area contributed by atoms with Gasteiger partial charge in [-0.2, -0.15) is 26.3 Å². The van der Waals surface area contributed by atoms with E-state index in [0.29, 0.717) is 38.9 Å². The van der Waals surface area contributed by atoms with Crippen LogP contribution in [0.5, 0.6) is 11.5 Å². The molecule has 38 heavy (non-hydrogen) atoms. The lowest BCUT2D eigenvalue weighted by Crippen LogP contribution is -2.20. The van der Waals surface area contributed by atoms with E-state index in [2.05, 4.69) is 15.0 Å². The van der Waals surface area contributed by atoms with Gasteiger partial charge in [0, 0.05) is 29.3 Å². The fourth-order valence-corrected chi connectivity index (χ4v) is 4.69. The highest BCUT2D eigenvalue weighted by molar-refractivity contribution is 7.98. The largest absolute Gasteiger partial charge is 0.484 e. The second kappa shape index (κ2) is 11.1. The number of hydrogen-bond acceptors (Lipinski definition) is 6. The first-order chi connectivity index (χ1) is 17.9. The number of halogens is 6. The van der Waals surface area contributed by atoms with E-state index in [9.17, 15) is 26.3 Å². The average Bonchev–Trinajstić information content (AvgIpc) is 3.19. The summed E-state index contributed by atoms with van der Waals surface area (Å²) in [6, 6.07) is 10.1. The van der Waals surface area contributed by atoms with Crippen LogP contribution < -0.4 is 9.47 Å². The summed E-state index contributed by atoms with van der Waals surface area (Å²) in [5.41, 5.74) is 3.47. The van der Waals surface area contributed by atoms with Crippen molar-refractivity contribution in [3.05, 3.63) is 71.3 Å². The molecule has 0 saturated heterocycles. The van der Waals surface area contributed by atoms with Crippen molar-refractivity contribution < 1.29 is 35.8 Å². The minimum atomic E-state index is -4.47. The molecule has 0 bridgehead atoms. The predicted molar refractivity (Wildman–Crippen MR) is 129 cm³/mol. The minimum absolute atomic E-state index is 0.0847. The molecule has 1 aromatic carbocycles. The summed E-state index contributed by atoms with van der Waals surface area (Å²) in [6.45, 7) is 0.666. The van der Waals surface area contributed by atoms with Gasteiger partial charge in [0.25, 0.3) is 0 Å². The zero-order chi connectivity index (χ0) is 27.5. The molecule has 0 aliphatic rings. The Morgan fingerprint density at radius 1 is 0.789 bits per heavy atom. The van der Waals surface area contributed by atoms with E-state index in [1.54, 1.807) is 13.8 Å². The number of imidazole rings is 1. The third kappa shape index (κ3) is 6.88. The van der Waals surface area contributed by atoms with Crippen molar-refractivity contribution in [2.45, 2.75) is 43.7 Å². The van der Waals surface area contributed by atoms with Crippen LogP contribution in [0.3, 0.4) is 0 Å². The van der Waals surface area contributed by atoms with Crippen LogP contribution in [0.25, 0.3) is 11.0 Å². The maximum atomic E-state index is 12.7. The number of para-hydroxylation sites is 2. The van der Waals surface area contributed by atoms with Gasteiger partial charge in [0.2, 0.25) is 0 Å². The van der Waals surface area contributed by atoms with E-state index in [1.165, 1.54) is 36.3 Å². The number of pyridine rings is 2. The number of nitrogens with zero attached hydrogens (tertiary/aromatic N) is 4. The highest BCUT2D eigenvalue weighted by atomic mass is 32.2. The van der Waals surface area contributed by atoms with Crippen LogP contribution in [0.4, 0.5) is 26.3 Å². The summed E-state index contributed by atoms with van der Waals surface area (Å²) in [5, 5.41) is 0.580. The van der Waals surface area contributed by atoms with Gasteiger partial charge in [0.15, 0.2) is 18.4 Å². The minimum Gasteiger partial charge on any atom is -0.484 e. The highest BCUT2D eigenvalue weighted by Gasteiger charge is 2.30. The molecular formula is C25H22F6N4O2S. The highest BCUT2D eigenvalue weighted by Crippen LogP contribution is 2.31. The average molecular weight is 557 g/mol. The maximum Gasteiger partial charge on any atom is 0.422 e. The molecule has 0 N–H and O–H groups in total. The Hall–Kier alpha value is -3.48. The van der Waals surface area contributed by atoms with Gasteiger partial charge in [-0.15, -0.1) is 0 Å². The Labute approximate surface area is 218 Å². The summed E-state index contributed by atoms with van der Waals surface area (Å²) in [6.07, 6.45) is -6.16. The first-order valence-electron chi connectivity index (χ1n) is 11.3. The summed E-state index contributed by atoms with van der Waals surface area (Å²) < 4.78 is 87.5. The summed E-state index contributed by atoms with van der Waals surface area (Å²) in [4.78, 5) is 13.3. The van der Waals surface area contributed by atoms with Crippen molar-refractivity contribution in [3.63, 3.8) is 0 Å². The molecule has 0 saturated carbocycles. The van der Waals surface area contributed by atoms with Gasteiger partial charge in [0.1, 0.15) is 11.5 Å². The SMILES string of the molecule is Cc1c(OCC(F)(F)F)ccnc1CSc1nc2ccccc2n1Cc1nccc(OCC(F)(F)F)c1C. The Morgan fingerprint density at radius 3 is 1.95 bits per heavy atom. The lowest BCUT2D eigenvalue weighted by molar-refractivity contribution is -0.154. The number of thioether (sulfide) groups is 1. The van der Waals surface area contributed by atoms with Crippen molar-refractivity contribution >= 4 is 22.8 Å². The van der Waals surface area contributed by atoms with Crippen molar-refractivity contribution in [3.8, 4) is 11.5 Å². The molecule has 4 aromatic rings. The molecule has 0 atom stereocenters. The number of ether oxygens (including phenoxy) is 2. The molecule has 4 rings (SSSR count). The molecule has 0 unspecified atom stereocenters. The number of aromatic nitrogens is 4. The first kappa shape index (κ1) is 27.6. The molecule has 13 heteroatoms. The number of hydrogen-bond donors (Lipinski definition) is 0. The third-order valence-corrected chi connectivity index (χ3v) is 6.55. The Bertz CT molecular complexity index is 1420. The number of benzene rings is 1. The number of alkyl halides is 6. The van der Waals surface area contributed by atoms with E-state index < -0.39 is 25.6 Å². The smallest absolute Gasteiger partial charge is 0.422 e. The lowest BCUT2D eigenvalue weighted by Gasteiger charge is -2.15. The molecule has 3 aromatic heterocycles. The summed E-state index contributed by atoms with van der Waals surface area (Å²) >= 11 is 1.32. The van der Waals surface area contributed by atoms with Crippen molar-refractivity contribution in [2.24, 2.45) is 0 Å². The molecule has 6 nitrogen and oxygen atoms in total. The quantitative estimate of drug-likeness (QED) is 0.170. The van der Waals surface area contributed by atoms with Gasteiger partial charge in [-0.1, -0.05) is 23.9 Å². The van der Waals surface area contributed by atoms with E-state index in [-0.39, 0.29) is 18.0 Å². The van der Waals surface area contributed by atoms with Crippen LogP contribution in [0.1, 0.15) is 22.5 Å². The van der Waals surface area contributed by atoms with E-state index >= 15 is 0 Å². The monoisotopic (exact) mass is 556 g/mol. The molecular weight excluding hydrogens is 534 g/mol. The van der Waals surface area contributed by atoms with Crippen molar-refractivity contribution in [1.82, 2.24) is 19.5 Å². The van der Waals surface area contributed by atoms with Crippen LogP contribution >= 0.6 is 11.8 Å². The molecule has 0 aliphatic heterocycles. The molecule has 202 valence electrons. The molecule has 0 amide bonds. The number of fused-ring (bicyclic) bond motifs is 1. The Kier molecular flexibility index (Phi) is 8.05. The predicted octanol–water partition coefficient (Wildman–Crippen LogP) is 6.67. The molecule has 0 radical (unpaired) electrons. The van der Waals surface area contributed by atoms with E-state index in [0.717, 1.165) is 5.52 Å². The lowest BCUT2D eigenvalue weighted by atomic mass is 10.2. The van der Waals surface area contributed by atoms with Crippen LogP contribution in [-0.4, -0.2) is 45.1 Å². The molecule has 0 spiro atoms. The van der Waals surface area contributed by atoms with Crippen molar-refractivity contribution in [2.75, 3.05) is 13.2 Å². The van der Waals surface area contributed by atoms with Crippen LogP contribution in [0.15, 0.2) is 53.9 Å². The molecule has 3 heterocycles. The maximum absolute atomic E-state index is 12.7. The zero-order valence-corrected chi connectivity index (χ0v) is 21.0. The van der Waals surface area contributed by atoms with Crippen LogP contribution in [0, 0.1) is 13.8 Å². The van der Waals surface area contributed by atoms with Gasteiger partial charge >= 0.3 is 12.4 Å². The molecule has 0 aliphatic carbocycles. The topological polar surface area (TPSA) is 62.1 Å². The fraction of sp³-hybridized carbons (Fsp3) is 0.320. The van der Waals surface area contributed by atoms with Gasteiger partial charge in [0.05, 0.1) is 29.0 Å². The Balaban J connectivity index is 1.59. The second-order valence-corrected chi connectivity index (χ2v) is 9.27. The molecule has 0 fully saturated rings. The van der Waals surface area contributed by atoms with Crippen LogP contribution in [-0.2, 0) is 12.3 Å². The summed E-state index contributed by atoms with van der Waals surface area (Å²) in [5.74, 6) is 0.470. The van der Waals surface area contributed by atoms with E-state index in [1.807, 2.05) is 28.8 Å². The first-order valence-corrected chi connectivity index (χ1v) is 12.3. The standard InChI is InChI=1S/C25H22F6N4O2S/c1-15-18(32-9-7-21(15)36-13-24(26,27)28)11-35-20-6-4-3-5-17(20)34-23(35)38-12-19-16(2)22(8-10-33-19)37-14-25(29,30)31/h3-10H,11-14H2,1-2H3. The van der Waals surface area contributed by atoms with Gasteiger partial charge in [-0.25, -0.2) is 4.98 Å². The van der Waals surface area contributed by atoms with Crippen LogP contribution in [0.2, 0.25) is 0 Å². The van der Waals surface area contributed by atoms with Gasteiger partial charge in [-0.05, 0) is 38.1 Å². The summed E-state index contributed by atoms with van der Waals surface area (Å²) in [7, 11) is 0.